The molecule has 1 aliphatic rings. The molecule has 1 fully saturated rings. The molecule has 1 aromatic carbocycles. The zero-order valence-corrected chi connectivity index (χ0v) is 17.0. The third kappa shape index (κ3) is 5.65. The minimum atomic E-state index is -0.147. The zero-order chi connectivity index (χ0) is 19.1. The van der Waals surface area contributed by atoms with Crippen LogP contribution in [0.5, 0.6) is 0 Å². The fourth-order valence-corrected chi connectivity index (χ4v) is 3.96. The van der Waals surface area contributed by atoms with E-state index in [1.54, 1.807) is 0 Å². The van der Waals surface area contributed by atoms with Crippen molar-refractivity contribution < 1.29 is 9.53 Å². The largest absolute Gasteiger partial charge is 0.466 e. The van der Waals surface area contributed by atoms with Gasteiger partial charge in [0.05, 0.1) is 24.4 Å². The summed E-state index contributed by atoms with van der Waals surface area (Å²) in [7, 11) is 0. The third-order valence-corrected chi connectivity index (χ3v) is 5.29. The smallest absolute Gasteiger partial charge is 0.306 e. The Morgan fingerprint density at radius 3 is 2.50 bits per heavy atom. The van der Waals surface area contributed by atoms with Crippen LogP contribution in [-0.4, -0.2) is 25.2 Å². The van der Waals surface area contributed by atoms with Crippen LogP contribution in [0.15, 0.2) is 18.2 Å². The first-order valence-electron chi connectivity index (χ1n) is 10.2. The van der Waals surface area contributed by atoms with E-state index in [4.69, 9.17) is 10.5 Å². The second kappa shape index (κ2) is 9.84. The molecule has 0 heterocycles. The summed E-state index contributed by atoms with van der Waals surface area (Å²) in [6.45, 7) is 9.89. The number of carbonyl (C=O) groups is 1. The van der Waals surface area contributed by atoms with Crippen molar-refractivity contribution in [3.8, 4) is 0 Å². The lowest BCUT2D eigenvalue weighted by Crippen LogP contribution is -2.39. The number of benzene rings is 1. The highest BCUT2D eigenvalue weighted by atomic mass is 16.5. The van der Waals surface area contributed by atoms with Crippen molar-refractivity contribution in [2.75, 3.05) is 23.8 Å². The first-order valence-corrected chi connectivity index (χ1v) is 10.2. The van der Waals surface area contributed by atoms with Gasteiger partial charge in [-0.3, -0.25) is 4.79 Å². The Labute approximate surface area is 159 Å². The van der Waals surface area contributed by atoms with Gasteiger partial charge in [-0.1, -0.05) is 46.1 Å². The quantitative estimate of drug-likeness (QED) is 0.516. The van der Waals surface area contributed by atoms with Gasteiger partial charge in [0, 0.05) is 12.6 Å². The second-order valence-corrected chi connectivity index (χ2v) is 8.07. The minimum absolute atomic E-state index is 0.110. The molecule has 1 aromatic rings. The number of hydrogen-bond donors (Lipinski definition) is 1. The van der Waals surface area contributed by atoms with Crippen LogP contribution < -0.4 is 10.6 Å². The van der Waals surface area contributed by atoms with E-state index >= 15 is 0 Å². The maximum atomic E-state index is 11.8. The van der Waals surface area contributed by atoms with Gasteiger partial charge < -0.3 is 15.4 Å². The van der Waals surface area contributed by atoms with Crippen molar-refractivity contribution >= 4 is 17.3 Å². The van der Waals surface area contributed by atoms with Crippen molar-refractivity contribution in [3.63, 3.8) is 0 Å². The van der Waals surface area contributed by atoms with Gasteiger partial charge in [0.2, 0.25) is 0 Å². The molecule has 26 heavy (non-hydrogen) atoms. The SMILES string of the molecule is CCOC(=O)CC(C)c1ccc(N(CC(C)C)C2CCCCC2)c(N)c1. The average molecular weight is 361 g/mol. The number of esters is 1. The van der Waals surface area contributed by atoms with Gasteiger partial charge in [-0.15, -0.1) is 0 Å². The summed E-state index contributed by atoms with van der Waals surface area (Å²) in [6.07, 6.45) is 6.89. The standard InChI is InChI=1S/C22H36N2O2/c1-5-26-22(25)13-17(4)18-11-12-21(20(23)14-18)24(15-16(2)3)19-9-7-6-8-10-19/h11-12,14,16-17,19H,5-10,13,15,23H2,1-4H3. The van der Waals surface area contributed by atoms with Crippen molar-refractivity contribution in [2.24, 2.45) is 5.92 Å². The summed E-state index contributed by atoms with van der Waals surface area (Å²) in [4.78, 5) is 14.3. The Bertz CT molecular complexity index is 580. The summed E-state index contributed by atoms with van der Waals surface area (Å²) in [5.41, 5.74) is 9.55. The Kier molecular flexibility index (Phi) is 7.80. The van der Waals surface area contributed by atoms with Crippen molar-refractivity contribution in [2.45, 2.75) is 78.2 Å². The molecule has 0 radical (unpaired) electrons. The van der Waals surface area contributed by atoms with Gasteiger partial charge in [0.15, 0.2) is 0 Å². The third-order valence-electron chi connectivity index (χ3n) is 5.29. The monoisotopic (exact) mass is 360 g/mol. The summed E-state index contributed by atoms with van der Waals surface area (Å²) in [6, 6.07) is 6.93. The Morgan fingerprint density at radius 2 is 1.92 bits per heavy atom. The number of hydrogen-bond acceptors (Lipinski definition) is 4. The highest BCUT2D eigenvalue weighted by Gasteiger charge is 2.24. The lowest BCUT2D eigenvalue weighted by atomic mass is 9.92. The van der Waals surface area contributed by atoms with Crippen LogP contribution in [0.2, 0.25) is 0 Å². The molecule has 0 bridgehead atoms. The molecule has 1 saturated carbocycles. The predicted octanol–water partition coefficient (Wildman–Crippen LogP) is 5.12. The van der Waals surface area contributed by atoms with E-state index in [2.05, 4.69) is 43.9 Å². The molecule has 1 aliphatic carbocycles. The minimum Gasteiger partial charge on any atom is -0.466 e. The molecule has 0 amide bonds. The molecule has 4 nitrogen and oxygen atoms in total. The van der Waals surface area contributed by atoms with Gasteiger partial charge in [-0.05, 0) is 49.3 Å². The van der Waals surface area contributed by atoms with Crippen LogP contribution >= 0.6 is 0 Å². The first-order chi connectivity index (χ1) is 12.4. The number of nitrogens with two attached hydrogens (primary N) is 1. The zero-order valence-electron chi connectivity index (χ0n) is 17.0. The summed E-state index contributed by atoms with van der Waals surface area (Å²) in [5, 5.41) is 0. The molecule has 0 aliphatic heterocycles. The van der Waals surface area contributed by atoms with Gasteiger partial charge in [-0.25, -0.2) is 0 Å². The number of anilines is 2. The highest BCUT2D eigenvalue weighted by Crippen LogP contribution is 2.34. The van der Waals surface area contributed by atoms with Gasteiger partial charge in [-0.2, -0.15) is 0 Å². The fraction of sp³-hybridized carbons (Fsp3) is 0.682. The molecule has 0 spiro atoms. The maximum absolute atomic E-state index is 11.8. The number of nitrogen functional groups attached to an aromatic ring is 1. The van der Waals surface area contributed by atoms with E-state index in [-0.39, 0.29) is 11.9 Å². The van der Waals surface area contributed by atoms with Crippen molar-refractivity contribution in [3.05, 3.63) is 23.8 Å². The topological polar surface area (TPSA) is 55.6 Å². The van der Waals surface area contributed by atoms with Gasteiger partial charge in [0.1, 0.15) is 0 Å². The van der Waals surface area contributed by atoms with Gasteiger partial charge >= 0.3 is 5.97 Å². The lowest BCUT2D eigenvalue weighted by Gasteiger charge is -2.38. The van der Waals surface area contributed by atoms with Crippen LogP contribution in [0.4, 0.5) is 11.4 Å². The normalized spacial score (nSPS) is 16.5. The number of nitrogens with zero attached hydrogens (tertiary/aromatic N) is 1. The Balaban J connectivity index is 2.17. The Morgan fingerprint density at radius 1 is 1.23 bits per heavy atom. The van der Waals surface area contributed by atoms with Crippen LogP contribution in [0.1, 0.15) is 77.7 Å². The Hall–Kier alpha value is -1.71. The van der Waals surface area contributed by atoms with Crippen LogP contribution in [0, 0.1) is 5.92 Å². The van der Waals surface area contributed by atoms with Crippen LogP contribution in [0.25, 0.3) is 0 Å². The predicted molar refractivity (Wildman–Crippen MR) is 110 cm³/mol. The molecule has 2 rings (SSSR count). The molecule has 0 aromatic heterocycles. The van der Waals surface area contributed by atoms with Crippen LogP contribution in [-0.2, 0) is 9.53 Å². The van der Waals surface area contributed by atoms with E-state index < -0.39 is 0 Å². The fourth-order valence-electron chi connectivity index (χ4n) is 3.96. The molecule has 4 heteroatoms. The maximum Gasteiger partial charge on any atom is 0.306 e. The average Bonchev–Trinajstić information content (AvgIpc) is 2.60. The van der Waals surface area contributed by atoms with E-state index in [0.29, 0.717) is 25.0 Å². The first kappa shape index (κ1) is 20.6. The molecule has 0 saturated heterocycles. The van der Waals surface area contributed by atoms with E-state index in [9.17, 15) is 4.79 Å². The number of rotatable bonds is 8. The molecular formula is C22H36N2O2. The van der Waals surface area contributed by atoms with Crippen molar-refractivity contribution in [1.29, 1.82) is 0 Å². The second-order valence-electron chi connectivity index (χ2n) is 8.07. The van der Waals surface area contributed by atoms with Gasteiger partial charge in [0.25, 0.3) is 0 Å². The van der Waals surface area contributed by atoms with Crippen LogP contribution in [0.3, 0.4) is 0 Å². The molecular weight excluding hydrogens is 324 g/mol. The van der Waals surface area contributed by atoms with E-state index in [0.717, 1.165) is 23.5 Å². The molecule has 2 N–H and O–H groups in total. The number of carbonyl (C=O) groups excluding carboxylic acids is 1. The highest BCUT2D eigenvalue weighted by molar-refractivity contribution is 5.72. The van der Waals surface area contributed by atoms with E-state index in [1.807, 2.05) is 6.92 Å². The van der Waals surface area contributed by atoms with E-state index in [1.165, 1.54) is 32.1 Å². The summed E-state index contributed by atoms with van der Waals surface area (Å²) >= 11 is 0. The molecule has 146 valence electrons. The molecule has 1 unspecified atom stereocenters. The molecule has 1 atom stereocenters. The lowest BCUT2D eigenvalue weighted by molar-refractivity contribution is -0.143. The van der Waals surface area contributed by atoms with Crippen molar-refractivity contribution in [1.82, 2.24) is 0 Å². The summed E-state index contributed by atoms with van der Waals surface area (Å²) < 4.78 is 5.07. The summed E-state index contributed by atoms with van der Waals surface area (Å²) in [5.74, 6) is 0.559. The number of ether oxygens (including phenoxy) is 1.